The maximum absolute atomic E-state index is 13.3. The molecule has 1 atom stereocenters. The predicted molar refractivity (Wildman–Crippen MR) is 132 cm³/mol. The molecule has 1 aromatic heterocycles. The van der Waals surface area contributed by atoms with Crippen molar-refractivity contribution in [2.45, 2.75) is 44.6 Å². The van der Waals surface area contributed by atoms with Crippen LogP contribution in [0.25, 0.3) is 11.1 Å². The van der Waals surface area contributed by atoms with Crippen molar-refractivity contribution in [2.24, 2.45) is 0 Å². The number of piperazine rings is 1. The van der Waals surface area contributed by atoms with E-state index in [-0.39, 0.29) is 5.56 Å². The van der Waals surface area contributed by atoms with Crippen molar-refractivity contribution in [1.29, 1.82) is 0 Å². The molecule has 0 bridgehead atoms. The largest absolute Gasteiger partial charge is 0.480 e. The van der Waals surface area contributed by atoms with Crippen LogP contribution in [0, 0.1) is 0 Å². The Labute approximate surface area is 209 Å². The fraction of sp³-hybridized carbons (Fsp3) is 0.357. The van der Waals surface area contributed by atoms with Gasteiger partial charge in [-0.15, -0.1) is 0 Å². The summed E-state index contributed by atoms with van der Waals surface area (Å²) in [5.74, 6) is -0.840. The minimum absolute atomic E-state index is 0.221. The number of rotatable bonds is 7. The number of carboxylic acids is 1. The molecule has 1 fully saturated rings. The number of aromatic nitrogens is 1. The smallest absolute Gasteiger partial charge is 0.397 e. The van der Waals surface area contributed by atoms with Crippen molar-refractivity contribution in [3.8, 4) is 11.1 Å². The van der Waals surface area contributed by atoms with Gasteiger partial charge in [-0.1, -0.05) is 48.5 Å². The van der Waals surface area contributed by atoms with Gasteiger partial charge in [-0.25, -0.2) is 0 Å². The summed E-state index contributed by atoms with van der Waals surface area (Å²) >= 11 is 0. The Bertz CT molecular complexity index is 1160. The van der Waals surface area contributed by atoms with Gasteiger partial charge >= 0.3 is 12.1 Å². The third kappa shape index (κ3) is 5.77. The van der Waals surface area contributed by atoms with E-state index >= 15 is 0 Å². The van der Waals surface area contributed by atoms with Gasteiger partial charge in [0.05, 0.1) is 5.41 Å². The first-order chi connectivity index (χ1) is 17.0. The summed E-state index contributed by atoms with van der Waals surface area (Å²) in [6.07, 6.45) is -0.850. The van der Waals surface area contributed by atoms with Crippen LogP contribution in [-0.4, -0.2) is 57.7 Å². The fourth-order valence-corrected chi connectivity index (χ4v) is 4.47. The van der Waals surface area contributed by atoms with Crippen molar-refractivity contribution in [2.75, 3.05) is 19.6 Å². The minimum atomic E-state index is -4.32. The van der Waals surface area contributed by atoms with Crippen LogP contribution in [0.2, 0.25) is 0 Å². The third-order valence-electron chi connectivity index (χ3n) is 7.00. The van der Waals surface area contributed by atoms with Gasteiger partial charge in [0, 0.05) is 45.1 Å². The molecule has 0 spiro atoms. The van der Waals surface area contributed by atoms with E-state index in [0.29, 0.717) is 26.2 Å². The lowest BCUT2D eigenvalue weighted by Crippen LogP contribution is -2.55. The second-order valence-corrected chi connectivity index (χ2v) is 9.81. The van der Waals surface area contributed by atoms with E-state index in [9.17, 15) is 23.1 Å². The van der Waals surface area contributed by atoms with Gasteiger partial charge < -0.3 is 5.11 Å². The number of hydrogen-bond acceptors (Lipinski definition) is 4. The molecule has 0 amide bonds. The average molecular weight is 498 g/mol. The van der Waals surface area contributed by atoms with Crippen LogP contribution in [-0.2, 0) is 23.3 Å². The van der Waals surface area contributed by atoms with Gasteiger partial charge in [-0.05, 0) is 53.8 Å². The quantitative estimate of drug-likeness (QED) is 0.476. The van der Waals surface area contributed by atoms with Crippen molar-refractivity contribution in [1.82, 2.24) is 14.8 Å². The second-order valence-electron chi connectivity index (χ2n) is 9.81. The Kier molecular flexibility index (Phi) is 7.47. The number of aliphatic carboxylic acids is 1. The zero-order valence-corrected chi connectivity index (χ0v) is 20.4. The summed E-state index contributed by atoms with van der Waals surface area (Å²) < 4.78 is 40.0. The highest BCUT2D eigenvalue weighted by Gasteiger charge is 2.48. The van der Waals surface area contributed by atoms with Crippen molar-refractivity contribution < 1.29 is 23.1 Å². The number of pyridine rings is 1. The van der Waals surface area contributed by atoms with E-state index in [1.54, 1.807) is 24.5 Å². The molecule has 0 radical (unpaired) electrons. The molecule has 36 heavy (non-hydrogen) atoms. The summed E-state index contributed by atoms with van der Waals surface area (Å²) in [7, 11) is 0. The Hall–Kier alpha value is -3.23. The van der Waals surface area contributed by atoms with E-state index in [0.717, 1.165) is 28.8 Å². The number of nitrogens with zero attached hydrogens (tertiary/aromatic N) is 3. The lowest BCUT2D eigenvalue weighted by atomic mass is 9.83. The molecule has 2 heterocycles. The minimum Gasteiger partial charge on any atom is -0.480 e. The lowest BCUT2D eigenvalue weighted by molar-refractivity contribution is -0.180. The topological polar surface area (TPSA) is 56.7 Å². The Morgan fingerprint density at radius 1 is 0.889 bits per heavy atom. The van der Waals surface area contributed by atoms with Crippen LogP contribution in [0.5, 0.6) is 0 Å². The molecule has 190 valence electrons. The zero-order valence-electron chi connectivity index (χ0n) is 20.4. The van der Waals surface area contributed by atoms with E-state index in [2.05, 4.69) is 9.88 Å². The number of halogens is 3. The first-order valence-corrected chi connectivity index (χ1v) is 11.9. The van der Waals surface area contributed by atoms with Crippen LogP contribution in [0.1, 0.15) is 30.5 Å². The van der Waals surface area contributed by atoms with Gasteiger partial charge in [0.2, 0.25) is 0 Å². The summed E-state index contributed by atoms with van der Waals surface area (Å²) in [4.78, 5) is 20.2. The van der Waals surface area contributed by atoms with E-state index in [4.69, 9.17) is 0 Å². The molecule has 4 rings (SSSR count). The molecule has 1 saturated heterocycles. The fourth-order valence-electron chi connectivity index (χ4n) is 4.47. The molecular formula is C28H30F3N3O2. The van der Waals surface area contributed by atoms with Crippen molar-refractivity contribution in [3.05, 3.63) is 89.7 Å². The third-order valence-corrected chi connectivity index (χ3v) is 7.00. The van der Waals surface area contributed by atoms with Crippen LogP contribution < -0.4 is 0 Å². The molecule has 5 nitrogen and oxygen atoms in total. The Morgan fingerprint density at radius 2 is 1.44 bits per heavy atom. The molecule has 2 aromatic carbocycles. The number of carbonyl (C=O) groups is 1. The Morgan fingerprint density at radius 3 is 2.00 bits per heavy atom. The highest BCUT2D eigenvalue weighted by atomic mass is 19.4. The molecule has 0 aliphatic carbocycles. The maximum Gasteiger partial charge on any atom is 0.397 e. The molecule has 3 aromatic rings. The van der Waals surface area contributed by atoms with Crippen LogP contribution in [0.4, 0.5) is 13.2 Å². The molecule has 1 unspecified atom stereocenters. The number of hydrogen-bond donors (Lipinski definition) is 1. The van der Waals surface area contributed by atoms with Crippen LogP contribution in [0.15, 0.2) is 73.1 Å². The van der Waals surface area contributed by atoms with E-state index in [1.807, 2.05) is 41.3 Å². The maximum atomic E-state index is 13.3. The number of carboxylic acid groups (broad SMARTS) is 1. The van der Waals surface area contributed by atoms with Gasteiger partial charge in [0.25, 0.3) is 0 Å². The van der Waals surface area contributed by atoms with E-state index in [1.165, 1.54) is 26.0 Å². The van der Waals surface area contributed by atoms with E-state index < -0.39 is 23.6 Å². The van der Waals surface area contributed by atoms with Gasteiger partial charge in [0.1, 0.15) is 6.04 Å². The lowest BCUT2D eigenvalue weighted by Gasteiger charge is -2.39. The molecule has 1 aliphatic heterocycles. The van der Waals surface area contributed by atoms with Crippen molar-refractivity contribution >= 4 is 5.97 Å². The van der Waals surface area contributed by atoms with Gasteiger partial charge in [-0.3, -0.25) is 19.6 Å². The monoisotopic (exact) mass is 497 g/mol. The SMILES string of the molecule is CC(C)(c1ccc(-c2ccc(CN3CCN(Cc4ccncc4)CC3C(=O)O)cc2)cc1)C(F)(F)F. The standard InChI is InChI=1S/C28H30F3N3O2/c1-27(2,28(29,30)31)24-9-7-23(8-10-24)22-5-3-20(4-6-22)18-34-16-15-33(19-25(34)26(35)36)17-21-11-13-32-14-12-21/h3-14,25H,15-19H2,1-2H3,(H,35,36). The highest BCUT2D eigenvalue weighted by molar-refractivity contribution is 5.74. The average Bonchev–Trinajstić information content (AvgIpc) is 2.85. The molecule has 1 aliphatic rings. The molecule has 8 heteroatoms. The first-order valence-electron chi connectivity index (χ1n) is 11.9. The predicted octanol–water partition coefficient (Wildman–Crippen LogP) is 5.36. The van der Waals surface area contributed by atoms with Crippen LogP contribution >= 0.6 is 0 Å². The highest BCUT2D eigenvalue weighted by Crippen LogP contribution is 2.40. The number of benzene rings is 2. The first kappa shape index (κ1) is 25.9. The summed E-state index contributed by atoms with van der Waals surface area (Å²) in [5.41, 5.74) is 2.12. The van der Waals surface area contributed by atoms with Crippen molar-refractivity contribution in [3.63, 3.8) is 0 Å². The van der Waals surface area contributed by atoms with Gasteiger partial charge in [0.15, 0.2) is 0 Å². The normalized spacial score (nSPS) is 17.8. The molecular weight excluding hydrogens is 467 g/mol. The zero-order chi connectivity index (χ0) is 25.9. The summed E-state index contributed by atoms with van der Waals surface area (Å²) in [6, 6.07) is 17.5. The molecule has 1 N–H and O–H groups in total. The van der Waals surface area contributed by atoms with Crippen LogP contribution in [0.3, 0.4) is 0 Å². The van der Waals surface area contributed by atoms with Gasteiger partial charge in [-0.2, -0.15) is 13.2 Å². The summed E-state index contributed by atoms with van der Waals surface area (Å²) in [6.45, 7) is 5.41. The summed E-state index contributed by atoms with van der Waals surface area (Å²) in [5, 5.41) is 9.84. The second kappa shape index (κ2) is 10.4. The Balaban J connectivity index is 1.41. The number of alkyl halides is 3. The molecule has 0 saturated carbocycles.